The Bertz CT molecular complexity index is 587. The van der Waals surface area contributed by atoms with E-state index in [0.29, 0.717) is 17.1 Å². The maximum atomic E-state index is 13.9. The molecule has 1 aromatic carbocycles. The number of anilines is 1. The van der Waals surface area contributed by atoms with E-state index < -0.39 is 0 Å². The SMILES string of the molecule is Cc1cc(F)c(-c2n[nH]c(CC3CC3)n2)cc1N. The highest BCUT2D eigenvalue weighted by Gasteiger charge is 2.23. The first kappa shape index (κ1) is 11.2. The molecule has 1 saturated carbocycles. The summed E-state index contributed by atoms with van der Waals surface area (Å²) in [5.41, 5.74) is 7.43. The number of nitrogens with two attached hydrogens (primary N) is 1. The average molecular weight is 246 g/mol. The molecule has 0 amide bonds. The van der Waals surface area contributed by atoms with Gasteiger partial charge in [0.2, 0.25) is 0 Å². The lowest BCUT2D eigenvalue weighted by Crippen LogP contribution is -1.95. The lowest BCUT2D eigenvalue weighted by atomic mass is 10.1. The third-order valence-electron chi connectivity index (χ3n) is 3.31. The minimum Gasteiger partial charge on any atom is -0.398 e. The molecule has 1 fully saturated rings. The van der Waals surface area contributed by atoms with Crippen LogP contribution in [0.1, 0.15) is 24.2 Å². The molecule has 1 heterocycles. The van der Waals surface area contributed by atoms with Gasteiger partial charge in [0, 0.05) is 12.1 Å². The van der Waals surface area contributed by atoms with Gasteiger partial charge in [-0.25, -0.2) is 9.37 Å². The molecule has 94 valence electrons. The number of nitrogens with zero attached hydrogens (tertiary/aromatic N) is 2. The van der Waals surface area contributed by atoms with Gasteiger partial charge in [-0.2, -0.15) is 5.10 Å². The molecule has 0 saturated heterocycles. The molecular weight excluding hydrogens is 231 g/mol. The van der Waals surface area contributed by atoms with Crippen LogP contribution in [-0.2, 0) is 6.42 Å². The number of aromatic nitrogens is 3. The highest BCUT2D eigenvalue weighted by Crippen LogP contribution is 2.32. The van der Waals surface area contributed by atoms with E-state index in [1.807, 2.05) is 0 Å². The van der Waals surface area contributed by atoms with Gasteiger partial charge in [0.1, 0.15) is 11.6 Å². The molecule has 3 rings (SSSR count). The largest absolute Gasteiger partial charge is 0.398 e. The molecule has 1 aliphatic carbocycles. The van der Waals surface area contributed by atoms with Gasteiger partial charge >= 0.3 is 0 Å². The standard InChI is InChI=1S/C13H15FN4/c1-7-4-10(14)9(6-11(7)15)13-16-12(17-18-13)5-8-2-3-8/h4,6,8H,2-3,5,15H2,1H3,(H,16,17,18). The summed E-state index contributed by atoms with van der Waals surface area (Å²) in [7, 11) is 0. The number of hydrogen-bond donors (Lipinski definition) is 2. The first-order chi connectivity index (χ1) is 8.63. The van der Waals surface area contributed by atoms with Crippen LogP contribution in [0, 0.1) is 18.7 Å². The van der Waals surface area contributed by atoms with E-state index in [9.17, 15) is 4.39 Å². The van der Waals surface area contributed by atoms with Crippen LogP contribution < -0.4 is 5.73 Å². The molecule has 0 spiro atoms. The van der Waals surface area contributed by atoms with E-state index in [1.165, 1.54) is 18.9 Å². The molecule has 5 heteroatoms. The maximum Gasteiger partial charge on any atom is 0.184 e. The van der Waals surface area contributed by atoms with Crippen LogP contribution in [0.25, 0.3) is 11.4 Å². The van der Waals surface area contributed by atoms with Gasteiger partial charge in [0.05, 0.1) is 5.56 Å². The van der Waals surface area contributed by atoms with Gasteiger partial charge in [0.15, 0.2) is 5.82 Å². The highest BCUT2D eigenvalue weighted by atomic mass is 19.1. The summed E-state index contributed by atoms with van der Waals surface area (Å²) in [5, 5.41) is 6.94. The number of aromatic amines is 1. The van der Waals surface area contributed by atoms with E-state index in [0.717, 1.165) is 23.7 Å². The summed E-state index contributed by atoms with van der Waals surface area (Å²) in [6, 6.07) is 3.01. The normalized spacial score (nSPS) is 15.0. The topological polar surface area (TPSA) is 67.6 Å². The Kier molecular flexibility index (Phi) is 2.54. The molecule has 0 atom stereocenters. The van der Waals surface area contributed by atoms with Crippen molar-refractivity contribution in [3.8, 4) is 11.4 Å². The van der Waals surface area contributed by atoms with Crippen molar-refractivity contribution >= 4 is 5.69 Å². The Morgan fingerprint density at radius 3 is 2.94 bits per heavy atom. The fourth-order valence-electron chi connectivity index (χ4n) is 1.96. The van der Waals surface area contributed by atoms with Crippen LogP contribution in [0.2, 0.25) is 0 Å². The van der Waals surface area contributed by atoms with Gasteiger partial charge in [-0.15, -0.1) is 0 Å². The number of H-pyrrole nitrogens is 1. The molecule has 0 aliphatic heterocycles. The van der Waals surface area contributed by atoms with Gasteiger partial charge in [-0.3, -0.25) is 5.10 Å². The third kappa shape index (κ3) is 2.08. The summed E-state index contributed by atoms with van der Waals surface area (Å²) >= 11 is 0. The number of rotatable bonds is 3. The lowest BCUT2D eigenvalue weighted by molar-refractivity contribution is 0.629. The molecule has 2 aromatic rings. The monoisotopic (exact) mass is 246 g/mol. The highest BCUT2D eigenvalue weighted by molar-refractivity contribution is 5.64. The zero-order chi connectivity index (χ0) is 12.7. The minimum absolute atomic E-state index is 0.335. The molecule has 3 N–H and O–H groups in total. The van der Waals surface area contributed by atoms with Crippen molar-refractivity contribution in [1.82, 2.24) is 15.2 Å². The summed E-state index contributed by atoms with van der Waals surface area (Å²) in [5.74, 6) is 1.60. The molecule has 18 heavy (non-hydrogen) atoms. The van der Waals surface area contributed by atoms with Gasteiger partial charge in [0.25, 0.3) is 0 Å². The van der Waals surface area contributed by atoms with Crippen molar-refractivity contribution < 1.29 is 4.39 Å². The molecule has 0 bridgehead atoms. The lowest BCUT2D eigenvalue weighted by Gasteiger charge is -2.03. The summed E-state index contributed by atoms with van der Waals surface area (Å²) in [4.78, 5) is 4.33. The second-order valence-corrected chi connectivity index (χ2v) is 4.94. The van der Waals surface area contributed by atoms with Crippen LogP contribution in [0.4, 0.5) is 10.1 Å². The van der Waals surface area contributed by atoms with Gasteiger partial charge in [-0.1, -0.05) is 0 Å². The first-order valence-electron chi connectivity index (χ1n) is 6.11. The fraction of sp³-hybridized carbons (Fsp3) is 0.385. The van der Waals surface area contributed by atoms with E-state index in [2.05, 4.69) is 15.2 Å². The van der Waals surface area contributed by atoms with Crippen molar-refractivity contribution in [2.75, 3.05) is 5.73 Å². The van der Waals surface area contributed by atoms with Crippen LogP contribution in [0.15, 0.2) is 12.1 Å². The van der Waals surface area contributed by atoms with E-state index in [-0.39, 0.29) is 5.82 Å². The van der Waals surface area contributed by atoms with Crippen LogP contribution in [-0.4, -0.2) is 15.2 Å². The molecule has 1 aliphatic rings. The quantitative estimate of drug-likeness (QED) is 0.817. The molecule has 0 unspecified atom stereocenters. The molecule has 4 nitrogen and oxygen atoms in total. The Morgan fingerprint density at radius 2 is 2.22 bits per heavy atom. The second-order valence-electron chi connectivity index (χ2n) is 4.94. The maximum absolute atomic E-state index is 13.9. The number of benzene rings is 1. The van der Waals surface area contributed by atoms with Crippen molar-refractivity contribution in [2.24, 2.45) is 5.92 Å². The number of hydrogen-bond acceptors (Lipinski definition) is 3. The zero-order valence-corrected chi connectivity index (χ0v) is 10.2. The van der Waals surface area contributed by atoms with Crippen molar-refractivity contribution in [2.45, 2.75) is 26.2 Å². The summed E-state index contributed by atoms with van der Waals surface area (Å²) < 4.78 is 13.9. The fourth-order valence-corrected chi connectivity index (χ4v) is 1.96. The Hall–Kier alpha value is -1.91. The molecule has 0 radical (unpaired) electrons. The summed E-state index contributed by atoms with van der Waals surface area (Å²) in [6.45, 7) is 1.78. The van der Waals surface area contributed by atoms with Crippen molar-refractivity contribution in [3.63, 3.8) is 0 Å². The zero-order valence-electron chi connectivity index (χ0n) is 10.2. The summed E-state index contributed by atoms with van der Waals surface area (Å²) in [6.07, 6.45) is 3.40. The smallest absolute Gasteiger partial charge is 0.184 e. The van der Waals surface area contributed by atoms with Gasteiger partial charge < -0.3 is 5.73 Å². The predicted octanol–water partition coefficient (Wildman–Crippen LogP) is 2.45. The third-order valence-corrected chi connectivity index (χ3v) is 3.31. The van der Waals surface area contributed by atoms with Crippen molar-refractivity contribution in [3.05, 3.63) is 29.3 Å². The number of halogens is 1. The number of nitrogen functional groups attached to an aromatic ring is 1. The van der Waals surface area contributed by atoms with Crippen molar-refractivity contribution in [1.29, 1.82) is 0 Å². The van der Waals surface area contributed by atoms with E-state index in [4.69, 9.17) is 5.73 Å². The molecular formula is C13H15FN4. The van der Waals surface area contributed by atoms with Crippen LogP contribution >= 0.6 is 0 Å². The Morgan fingerprint density at radius 1 is 1.44 bits per heavy atom. The van der Waals surface area contributed by atoms with Crippen LogP contribution in [0.3, 0.4) is 0 Å². The van der Waals surface area contributed by atoms with Gasteiger partial charge in [-0.05, 0) is 43.4 Å². The van der Waals surface area contributed by atoms with E-state index in [1.54, 1.807) is 13.0 Å². The number of aryl methyl sites for hydroxylation is 1. The average Bonchev–Trinajstić information content (AvgIpc) is 3.01. The Labute approximate surface area is 104 Å². The van der Waals surface area contributed by atoms with E-state index >= 15 is 0 Å². The Balaban J connectivity index is 1.93. The van der Waals surface area contributed by atoms with Crippen LogP contribution in [0.5, 0.6) is 0 Å². The first-order valence-corrected chi connectivity index (χ1v) is 6.11. The number of nitrogens with one attached hydrogen (secondary N) is 1. The minimum atomic E-state index is -0.335. The second kappa shape index (κ2) is 4.08. The molecule has 1 aromatic heterocycles. The predicted molar refractivity (Wildman–Crippen MR) is 67.4 cm³/mol.